The number of hydrogen-bond acceptors (Lipinski definition) is 10. The van der Waals surface area contributed by atoms with Gasteiger partial charge in [0.15, 0.2) is 14.9 Å². The number of ether oxygens (including phenoxy) is 2. The molecule has 0 saturated carbocycles. The van der Waals surface area contributed by atoms with E-state index in [1.165, 1.54) is 18.2 Å². The maximum absolute atomic E-state index is 13.2. The molecule has 0 aromatic carbocycles. The molecule has 0 radical (unpaired) electrons. The van der Waals surface area contributed by atoms with E-state index in [-0.39, 0.29) is 23.1 Å². The summed E-state index contributed by atoms with van der Waals surface area (Å²) in [4.78, 5) is 44.2. The van der Waals surface area contributed by atoms with Crippen molar-refractivity contribution in [2.75, 3.05) is 13.0 Å². The lowest BCUT2D eigenvalue weighted by Crippen LogP contribution is -2.63. The number of nitrogens with zero attached hydrogens (tertiary/aromatic N) is 3. The van der Waals surface area contributed by atoms with Crippen molar-refractivity contribution < 1.29 is 37.4 Å². The van der Waals surface area contributed by atoms with Crippen molar-refractivity contribution in [3.8, 4) is 0 Å². The van der Waals surface area contributed by atoms with Gasteiger partial charge in [0.25, 0.3) is 0 Å². The van der Waals surface area contributed by atoms with Crippen LogP contribution in [0.5, 0.6) is 0 Å². The second-order valence-electron chi connectivity index (χ2n) is 9.17. The number of carbonyl (C=O) groups is 3. The third-order valence-corrected chi connectivity index (χ3v) is 8.83. The molecule has 0 unspecified atom stereocenters. The van der Waals surface area contributed by atoms with Crippen molar-refractivity contribution >= 4 is 49.4 Å². The number of thiazole rings is 1. The summed E-state index contributed by atoms with van der Waals surface area (Å²) in [5, 5.41) is 10.1. The van der Waals surface area contributed by atoms with Crippen molar-refractivity contribution in [2.24, 2.45) is 11.8 Å². The summed E-state index contributed by atoms with van der Waals surface area (Å²) in [6.07, 6.45) is 5.92. The Hall–Kier alpha value is -2.77. The van der Waals surface area contributed by atoms with E-state index in [4.69, 9.17) is 9.47 Å². The molecule has 4 atom stereocenters. The van der Waals surface area contributed by atoms with Gasteiger partial charge in [0.05, 0.1) is 22.9 Å². The predicted octanol–water partition coefficient (Wildman–Crippen LogP) is 1.99. The second kappa shape index (κ2) is 9.94. The fraction of sp³-hybridized carbons (Fsp3) is 0.565. The lowest BCUT2D eigenvalue weighted by molar-refractivity contribution is -0.172. The van der Waals surface area contributed by atoms with E-state index in [2.05, 4.69) is 4.98 Å². The molecule has 36 heavy (non-hydrogen) atoms. The lowest BCUT2D eigenvalue weighted by Gasteiger charge is -2.46. The van der Waals surface area contributed by atoms with Crippen LogP contribution in [0.1, 0.15) is 51.3 Å². The molecule has 11 nitrogen and oxygen atoms in total. The number of aliphatic hydroxyl groups excluding tert-OH is 1. The van der Waals surface area contributed by atoms with Gasteiger partial charge in [-0.05, 0) is 13.3 Å². The van der Waals surface area contributed by atoms with E-state index in [0.717, 1.165) is 30.4 Å². The average Bonchev–Trinajstić information content (AvgIpc) is 3.42. The predicted molar refractivity (Wildman–Crippen MR) is 129 cm³/mol. The van der Waals surface area contributed by atoms with Crippen LogP contribution < -0.4 is 0 Å². The summed E-state index contributed by atoms with van der Waals surface area (Å²) in [6, 6.07) is -0.458. The van der Waals surface area contributed by atoms with E-state index in [1.807, 2.05) is 13.8 Å². The molecule has 2 aromatic heterocycles. The fourth-order valence-corrected chi connectivity index (χ4v) is 7.20. The number of aromatic nitrogens is 2. The van der Waals surface area contributed by atoms with Crippen molar-refractivity contribution in [2.45, 2.75) is 63.6 Å². The van der Waals surface area contributed by atoms with Crippen molar-refractivity contribution in [1.29, 1.82) is 0 Å². The molecule has 0 aliphatic carbocycles. The zero-order valence-electron chi connectivity index (χ0n) is 20.5. The molecule has 4 heterocycles. The number of β-lactam (4-membered cyclic amide) rings is 1. The molecule has 4 rings (SSSR count). The summed E-state index contributed by atoms with van der Waals surface area (Å²) in [7, 11) is -3.58. The topological polar surface area (TPSA) is 145 Å². The highest BCUT2D eigenvalue weighted by atomic mass is 32.2. The number of amides is 1. The zero-order valence-corrected chi connectivity index (χ0v) is 22.1. The molecule has 1 amide bonds. The average molecular weight is 540 g/mol. The molecule has 2 aromatic rings. The van der Waals surface area contributed by atoms with Gasteiger partial charge in [0.2, 0.25) is 12.7 Å². The van der Waals surface area contributed by atoms with Crippen molar-refractivity contribution in [3.05, 3.63) is 23.1 Å². The Morgan fingerprint density at radius 2 is 2.00 bits per heavy atom. The minimum atomic E-state index is -3.58. The number of esters is 2. The van der Waals surface area contributed by atoms with Crippen LogP contribution in [-0.2, 0) is 33.7 Å². The first-order valence-electron chi connectivity index (χ1n) is 11.7. The normalized spacial score (nSPS) is 22.5. The maximum atomic E-state index is 13.2. The van der Waals surface area contributed by atoms with Gasteiger partial charge < -0.3 is 19.5 Å². The Kier molecular flexibility index (Phi) is 7.26. The minimum Gasteiger partial charge on any atom is -0.428 e. The van der Waals surface area contributed by atoms with Crippen LogP contribution in [0.4, 0.5) is 0 Å². The SMILES string of the molecule is CCCCCC(=O)OCOC(=O)C1=C(c2cn3cnc(S(C)(=O)=O)c3s2)[C@H](C)[C@@H]2[C@@H]([C@@H](C)O)C(=O)N12. The molecular weight excluding hydrogens is 510 g/mol. The number of imidazole rings is 1. The van der Waals surface area contributed by atoms with E-state index in [9.17, 15) is 27.9 Å². The fourth-order valence-electron chi connectivity index (χ4n) is 4.85. The van der Waals surface area contributed by atoms with Crippen LogP contribution >= 0.6 is 11.3 Å². The summed E-state index contributed by atoms with van der Waals surface area (Å²) in [5.74, 6) is -2.75. The number of hydrogen-bond donors (Lipinski definition) is 1. The Balaban J connectivity index is 1.65. The van der Waals surface area contributed by atoms with Gasteiger partial charge in [-0.15, -0.1) is 11.3 Å². The number of unbranched alkanes of at least 4 members (excludes halogenated alkanes) is 2. The Morgan fingerprint density at radius 1 is 1.28 bits per heavy atom. The zero-order chi connectivity index (χ0) is 26.4. The van der Waals surface area contributed by atoms with Gasteiger partial charge in [-0.25, -0.2) is 18.2 Å². The number of fused-ring (bicyclic) bond motifs is 2. The molecule has 196 valence electrons. The summed E-state index contributed by atoms with van der Waals surface area (Å²) in [6.45, 7) is 4.80. The second-order valence-corrected chi connectivity index (χ2v) is 12.1. The molecule has 0 spiro atoms. The van der Waals surface area contributed by atoms with E-state index in [0.29, 0.717) is 21.7 Å². The van der Waals surface area contributed by atoms with Crippen LogP contribution in [0.25, 0.3) is 10.4 Å². The van der Waals surface area contributed by atoms with Gasteiger partial charge in [0, 0.05) is 30.4 Å². The number of rotatable bonds is 10. The first-order valence-corrected chi connectivity index (χ1v) is 14.4. The molecule has 13 heteroatoms. The first-order chi connectivity index (χ1) is 17.0. The quantitative estimate of drug-likeness (QED) is 0.207. The molecule has 2 aliphatic rings. The Bertz CT molecular complexity index is 1340. The summed E-state index contributed by atoms with van der Waals surface area (Å²) in [5.41, 5.74) is 0.513. The molecule has 1 saturated heterocycles. The van der Waals surface area contributed by atoms with Crippen LogP contribution in [0.2, 0.25) is 0 Å². The van der Waals surface area contributed by atoms with E-state index < -0.39 is 52.5 Å². The molecule has 1 fully saturated rings. The van der Waals surface area contributed by atoms with Crippen LogP contribution in [-0.4, -0.2) is 70.8 Å². The van der Waals surface area contributed by atoms with Crippen molar-refractivity contribution in [3.63, 3.8) is 0 Å². The van der Waals surface area contributed by atoms with Crippen LogP contribution in [0, 0.1) is 11.8 Å². The highest BCUT2D eigenvalue weighted by Gasteiger charge is 2.60. The van der Waals surface area contributed by atoms with Gasteiger partial charge >= 0.3 is 11.9 Å². The minimum absolute atomic E-state index is 0.00907. The number of sulfone groups is 1. The third-order valence-electron chi connectivity index (χ3n) is 6.56. The van der Waals surface area contributed by atoms with E-state index >= 15 is 0 Å². The molecule has 2 aliphatic heterocycles. The van der Waals surface area contributed by atoms with E-state index in [1.54, 1.807) is 10.6 Å². The van der Waals surface area contributed by atoms with Gasteiger partial charge in [-0.3, -0.25) is 14.0 Å². The maximum Gasteiger partial charge on any atom is 0.358 e. The molecule has 0 bridgehead atoms. The van der Waals surface area contributed by atoms with Crippen LogP contribution in [0.15, 0.2) is 23.2 Å². The van der Waals surface area contributed by atoms with Crippen molar-refractivity contribution in [1.82, 2.24) is 14.3 Å². The van der Waals surface area contributed by atoms with Gasteiger partial charge in [-0.1, -0.05) is 26.7 Å². The highest BCUT2D eigenvalue weighted by molar-refractivity contribution is 7.91. The molecule has 1 N–H and O–H groups in total. The van der Waals surface area contributed by atoms with Gasteiger partial charge in [-0.2, -0.15) is 0 Å². The summed E-state index contributed by atoms with van der Waals surface area (Å²) >= 11 is 1.13. The Labute approximate surface area is 212 Å². The highest BCUT2D eigenvalue weighted by Crippen LogP contribution is 2.51. The standard InChI is InChI=1S/C23H29N3O8S2/c1-5-6-7-8-15(28)33-11-34-23(30)19-16(12(2)18-17(13(3)27)21(29)26(18)19)14-9-25-10-24-20(22(25)35-14)36(4,31)32/h9-10,12-13,17-18,27H,5-8,11H2,1-4H3/t12-,13+,17+,18+/m0/s1. The largest absolute Gasteiger partial charge is 0.428 e. The third kappa shape index (κ3) is 4.55. The monoisotopic (exact) mass is 539 g/mol. The van der Waals surface area contributed by atoms with Gasteiger partial charge in [0.1, 0.15) is 16.9 Å². The Morgan fingerprint density at radius 3 is 2.64 bits per heavy atom. The smallest absolute Gasteiger partial charge is 0.358 e. The first kappa shape index (κ1) is 26.3. The lowest BCUT2D eigenvalue weighted by atomic mass is 9.77. The molecular formula is C23H29N3O8S2. The summed E-state index contributed by atoms with van der Waals surface area (Å²) < 4.78 is 36.1. The number of carbonyl (C=O) groups excluding carboxylic acids is 3. The number of aliphatic hydroxyl groups is 1. The van der Waals surface area contributed by atoms with Crippen LogP contribution in [0.3, 0.4) is 0 Å².